The van der Waals surface area contributed by atoms with E-state index < -0.39 is 6.10 Å². The van der Waals surface area contributed by atoms with Crippen LogP contribution >= 0.6 is 0 Å². The zero-order chi connectivity index (χ0) is 48.6. The van der Waals surface area contributed by atoms with Gasteiger partial charge in [0.25, 0.3) is 0 Å². The zero-order valence-electron chi connectivity index (χ0n) is 44.2. The average Bonchev–Trinajstić information content (AvgIpc) is 3.33. The maximum Gasteiger partial charge on any atom is 0.306 e. The van der Waals surface area contributed by atoms with Crippen molar-refractivity contribution in [3.05, 3.63) is 72.9 Å². The third-order valence-corrected chi connectivity index (χ3v) is 12.2. The molecule has 0 bridgehead atoms. The van der Waals surface area contributed by atoms with Crippen molar-refractivity contribution in [1.29, 1.82) is 0 Å². The highest BCUT2D eigenvalue weighted by molar-refractivity contribution is 5.71. The number of esters is 3. The van der Waals surface area contributed by atoms with Crippen molar-refractivity contribution in [3.8, 4) is 0 Å². The highest BCUT2D eigenvalue weighted by Crippen LogP contribution is 2.16. The molecular weight excluding hydrogens is 829 g/mol. The van der Waals surface area contributed by atoms with Crippen LogP contribution in [0.1, 0.15) is 278 Å². The summed E-state index contributed by atoms with van der Waals surface area (Å²) in [5, 5.41) is 0. The fraction of sp³-hybridized carbons (Fsp3) is 0.754. The first-order chi connectivity index (χ1) is 33.0. The molecule has 0 aromatic rings. The molecule has 0 amide bonds. The summed E-state index contributed by atoms with van der Waals surface area (Å²) in [5.41, 5.74) is 0. The van der Waals surface area contributed by atoms with Crippen molar-refractivity contribution in [2.45, 2.75) is 284 Å². The standard InChI is InChI=1S/C61H106O6/c1-4-7-10-13-16-19-22-24-26-28-30-32-34-36-39-42-45-48-51-54-60(63)66-57-58(56-65-59(62)53-50-47-44-41-38-21-18-15-12-9-6-3)67-61(64)55-52-49-46-43-40-37-35-33-31-29-27-25-23-20-17-14-11-8-5-2/h7,10,15-16,18-19,24,26,30,32,36,39,58H,4-6,8-9,11-14,17,20-23,25,27-29,31,33-35,37-38,40-57H2,1-3H3/b10-7-,18-15-,19-16-,26-24-,32-30-,39-36-/t58-/m1/s1. The highest BCUT2D eigenvalue weighted by atomic mass is 16.6. The van der Waals surface area contributed by atoms with Gasteiger partial charge in [0.2, 0.25) is 0 Å². The lowest BCUT2D eigenvalue weighted by Gasteiger charge is -2.18. The summed E-state index contributed by atoms with van der Waals surface area (Å²) in [7, 11) is 0. The summed E-state index contributed by atoms with van der Waals surface area (Å²) >= 11 is 0. The quantitative estimate of drug-likeness (QED) is 0.0262. The number of unbranched alkanes of at least 4 members (excludes halogenated alkanes) is 28. The SMILES string of the molecule is CC/C=C\C/C=C\C/C=C\C/C=C\C/C=C\CCCCCC(=O)OC[C@@H](COC(=O)CCCCCCC/C=C\CCCC)OC(=O)CCCCCCCCCCCCCCCCCCCCC. The molecule has 67 heavy (non-hydrogen) atoms. The van der Waals surface area contributed by atoms with Crippen molar-refractivity contribution in [2.24, 2.45) is 0 Å². The van der Waals surface area contributed by atoms with Gasteiger partial charge in [-0.3, -0.25) is 14.4 Å². The first-order valence-electron chi connectivity index (χ1n) is 28.4. The second kappa shape index (κ2) is 55.4. The van der Waals surface area contributed by atoms with Crippen LogP contribution in [0.3, 0.4) is 0 Å². The van der Waals surface area contributed by atoms with Crippen molar-refractivity contribution in [1.82, 2.24) is 0 Å². The van der Waals surface area contributed by atoms with Gasteiger partial charge in [0.05, 0.1) is 0 Å². The smallest absolute Gasteiger partial charge is 0.306 e. The summed E-state index contributed by atoms with van der Waals surface area (Å²) in [6, 6.07) is 0. The Morgan fingerprint density at radius 2 is 0.597 bits per heavy atom. The van der Waals surface area contributed by atoms with Gasteiger partial charge >= 0.3 is 17.9 Å². The molecule has 6 nitrogen and oxygen atoms in total. The molecule has 0 radical (unpaired) electrons. The minimum Gasteiger partial charge on any atom is -0.462 e. The van der Waals surface area contributed by atoms with E-state index in [2.05, 4.69) is 93.7 Å². The average molecular weight is 936 g/mol. The predicted molar refractivity (Wildman–Crippen MR) is 288 cm³/mol. The molecule has 1 atom stereocenters. The predicted octanol–water partition coefficient (Wildman–Crippen LogP) is 19.0. The molecule has 0 aromatic carbocycles. The van der Waals surface area contributed by atoms with Crippen LogP contribution in [0.5, 0.6) is 0 Å². The maximum absolute atomic E-state index is 12.8. The van der Waals surface area contributed by atoms with E-state index in [-0.39, 0.29) is 31.1 Å². The van der Waals surface area contributed by atoms with E-state index >= 15 is 0 Å². The Bertz CT molecular complexity index is 1260. The van der Waals surface area contributed by atoms with Crippen molar-refractivity contribution < 1.29 is 28.6 Å². The third-order valence-electron chi connectivity index (χ3n) is 12.2. The monoisotopic (exact) mass is 935 g/mol. The fourth-order valence-corrected chi connectivity index (χ4v) is 7.92. The molecule has 0 spiro atoms. The molecule has 0 aliphatic rings. The summed E-state index contributed by atoms with van der Waals surface area (Å²) in [6.45, 7) is 6.47. The van der Waals surface area contributed by atoms with E-state index in [0.717, 1.165) is 103 Å². The van der Waals surface area contributed by atoms with Crippen LogP contribution in [0.2, 0.25) is 0 Å². The highest BCUT2D eigenvalue weighted by Gasteiger charge is 2.19. The number of hydrogen-bond donors (Lipinski definition) is 0. The molecule has 0 rings (SSSR count). The van der Waals surface area contributed by atoms with Crippen LogP contribution < -0.4 is 0 Å². The normalized spacial score (nSPS) is 12.6. The molecule has 386 valence electrons. The van der Waals surface area contributed by atoms with E-state index in [1.165, 1.54) is 135 Å². The Balaban J connectivity index is 4.38. The Morgan fingerprint density at radius 1 is 0.313 bits per heavy atom. The number of hydrogen-bond acceptors (Lipinski definition) is 6. The second-order valence-corrected chi connectivity index (χ2v) is 18.8. The number of carbonyl (C=O) groups is 3. The van der Waals surface area contributed by atoms with Crippen molar-refractivity contribution in [3.63, 3.8) is 0 Å². The van der Waals surface area contributed by atoms with Gasteiger partial charge in [-0.1, -0.05) is 248 Å². The van der Waals surface area contributed by atoms with Gasteiger partial charge in [0, 0.05) is 19.3 Å². The van der Waals surface area contributed by atoms with Crippen molar-refractivity contribution in [2.75, 3.05) is 13.2 Å². The minimum atomic E-state index is -0.790. The Hall–Kier alpha value is -3.15. The first-order valence-corrected chi connectivity index (χ1v) is 28.4. The summed E-state index contributed by atoms with van der Waals surface area (Å²) < 4.78 is 16.8. The lowest BCUT2D eigenvalue weighted by Crippen LogP contribution is -2.30. The zero-order valence-corrected chi connectivity index (χ0v) is 44.2. The van der Waals surface area contributed by atoms with Gasteiger partial charge in [-0.2, -0.15) is 0 Å². The molecule has 0 aliphatic heterocycles. The van der Waals surface area contributed by atoms with Gasteiger partial charge in [-0.25, -0.2) is 0 Å². The number of allylic oxidation sites excluding steroid dienone is 12. The van der Waals surface area contributed by atoms with Gasteiger partial charge < -0.3 is 14.2 Å². The van der Waals surface area contributed by atoms with E-state index in [1.807, 2.05) is 0 Å². The van der Waals surface area contributed by atoms with Crippen LogP contribution in [-0.2, 0) is 28.6 Å². The third kappa shape index (κ3) is 53.7. The van der Waals surface area contributed by atoms with Gasteiger partial charge in [-0.05, 0) is 83.5 Å². The van der Waals surface area contributed by atoms with E-state index in [1.54, 1.807) is 0 Å². The van der Waals surface area contributed by atoms with Crippen LogP contribution in [0.4, 0.5) is 0 Å². The lowest BCUT2D eigenvalue weighted by atomic mass is 10.0. The maximum atomic E-state index is 12.8. The summed E-state index contributed by atoms with van der Waals surface area (Å²) in [5.74, 6) is -0.922. The summed E-state index contributed by atoms with van der Waals surface area (Å²) in [4.78, 5) is 38.1. The molecule has 0 aromatic heterocycles. The second-order valence-electron chi connectivity index (χ2n) is 18.8. The molecular formula is C61H106O6. The molecule has 0 fully saturated rings. The van der Waals surface area contributed by atoms with E-state index in [9.17, 15) is 14.4 Å². The molecule has 0 N–H and O–H groups in total. The molecule has 0 saturated heterocycles. The molecule has 0 heterocycles. The van der Waals surface area contributed by atoms with Gasteiger partial charge in [0.1, 0.15) is 13.2 Å². The molecule has 0 unspecified atom stereocenters. The Labute approximate surface area is 414 Å². The molecule has 0 saturated carbocycles. The fourth-order valence-electron chi connectivity index (χ4n) is 7.92. The first kappa shape index (κ1) is 63.8. The van der Waals surface area contributed by atoms with Crippen LogP contribution in [0.25, 0.3) is 0 Å². The van der Waals surface area contributed by atoms with E-state index in [0.29, 0.717) is 19.3 Å². The number of ether oxygens (including phenoxy) is 3. The van der Waals surface area contributed by atoms with Gasteiger partial charge in [0.15, 0.2) is 6.10 Å². The lowest BCUT2D eigenvalue weighted by molar-refractivity contribution is -0.167. The van der Waals surface area contributed by atoms with Crippen LogP contribution in [0.15, 0.2) is 72.9 Å². The molecule has 0 aliphatic carbocycles. The van der Waals surface area contributed by atoms with Crippen LogP contribution in [-0.4, -0.2) is 37.2 Å². The van der Waals surface area contributed by atoms with Gasteiger partial charge in [-0.15, -0.1) is 0 Å². The minimum absolute atomic E-state index is 0.0886. The van der Waals surface area contributed by atoms with Crippen molar-refractivity contribution >= 4 is 17.9 Å². The largest absolute Gasteiger partial charge is 0.462 e. The number of rotatable bonds is 51. The Kier molecular flexibility index (Phi) is 52.8. The van der Waals surface area contributed by atoms with E-state index in [4.69, 9.17) is 14.2 Å². The number of carbonyl (C=O) groups excluding carboxylic acids is 3. The summed E-state index contributed by atoms with van der Waals surface area (Å²) in [6.07, 6.45) is 70.4. The Morgan fingerprint density at radius 3 is 0.985 bits per heavy atom. The topological polar surface area (TPSA) is 78.9 Å². The molecule has 6 heteroatoms. The van der Waals surface area contributed by atoms with Crippen LogP contribution in [0, 0.1) is 0 Å².